The van der Waals surface area contributed by atoms with Crippen molar-refractivity contribution in [2.45, 2.75) is 33.2 Å². The molecular formula is C23H26N3O2+. The van der Waals surface area contributed by atoms with E-state index < -0.39 is 0 Å². The zero-order chi connectivity index (χ0) is 20.3. The van der Waals surface area contributed by atoms with Gasteiger partial charge >= 0.3 is 5.91 Å². The number of carbonyl (C=O) groups is 2. The van der Waals surface area contributed by atoms with Crippen LogP contribution < -0.4 is 9.80 Å². The van der Waals surface area contributed by atoms with Gasteiger partial charge in [0.25, 0.3) is 0 Å². The number of anilines is 1. The van der Waals surface area contributed by atoms with Gasteiger partial charge in [0.2, 0.25) is 5.91 Å². The van der Waals surface area contributed by atoms with E-state index in [0.29, 0.717) is 24.2 Å². The number of hydrogen-bond acceptors (Lipinski definition) is 3. The lowest BCUT2D eigenvalue weighted by Crippen LogP contribution is -2.45. The largest absolute Gasteiger partial charge is 0.351 e. The maximum atomic E-state index is 13.3. The molecule has 0 bridgehead atoms. The normalized spacial score (nSPS) is 18.3. The van der Waals surface area contributed by atoms with Crippen LogP contribution in [0.4, 0.5) is 17.1 Å². The molecule has 0 saturated heterocycles. The average Bonchev–Trinajstić information content (AvgIpc) is 2.94. The van der Waals surface area contributed by atoms with E-state index in [1.54, 1.807) is 18.4 Å². The Kier molecular flexibility index (Phi) is 5.56. The predicted octanol–water partition coefficient (Wildman–Crippen LogP) is 5.08. The minimum Gasteiger partial charge on any atom is -0.326 e. The fourth-order valence-electron chi connectivity index (χ4n) is 3.60. The Morgan fingerprint density at radius 1 is 1.29 bits per heavy atom. The molecule has 5 heteroatoms. The summed E-state index contributed by atoms with van der Waals surface area (Å²) in [6.45, 7) is 8.27. The summed E-state index contributed by atoms with van der Waals surface area (Å²) < 4.78 is 0.151. The zero-order valence-electron chi connectivity index (χ0n) is 16.7. The fourth-order valence-corrected chi connectivity index (χ4v) is 3.60. The van der Waals surface area contributed by atoms with Gasteiger partial charge in [-0.1, -0.05) is 25.6 Å². The second-order valence-electron chi connectivity index (χ2n) is 7.16. The third-order valence-corrected chi connectivity index (χ3v) is 5.10. The Morgan fingerprint density at radius 3 is 2.75 bits per heavy atom. The van der Waals surface area contributed by atoms with E-state index in [1.165, 1.54) is 0 Å². The molecule has 0 fully saturated rings. The number of carbonyl (C=O) groups excluding carboxylic acids is 2. The quantitative estimate of drug-likeness (QED) is 0.564. The lowest BCUT2D eigenvalue weighted by atomic mass is 10.1. The molecule has 1 aliphatic heterocycles. The smallest absolute Gasteiger partial charge is 0.326 e. The molecule has 1 aliphatic rings. The summed E-state index contributed by atoms with van der Waals surface area (Å²) in [7, 11) is 1.92. The number of aliphatic imine (C=N–C) groups is 1. The van der Waals surface area contributed by atoms with E-state index in [0.717, 1.165) is 28.9 Å². The molecule has 0 aromatic heterocycles. The third kappa shape index (κ3) is 3.53. The minimum atomic E-state index is -0.0344. The van der Waals surface area contributed by atoms with Crippen LogP contribution in [0.15, 0.2) is 48.0 Å². The van der Waals surface area contributed by atoms with Crippen molar-refractivity contribution in [2.24, 2.45) is 4.99 Å². The molecule has 28 heavy (non-hydrogen) atoms. The van der Waals surface area contributed by atoms with Crippen LogP contribution in [0, 0.1) is 0 Å². The van der Waals surface area contributed by atoms with Crippen molar-refractivity contribution < 1.29 is 9.59 Å². The summed E-state index contributed by atoms with van der Waals surface area (Å²) in [6.07, 6.45) is 4.75. The molecule has 5 nitrogen and oxygen atoms in total. The molecule has 1 N–H and O–H groups in total. The van der Waals surface area contributed by atoms with E-state index in [9.17, 15) is 9.59 Å². The van der Waals surface area contributed by atoms with Crippen molar-refractivity contribution in [3.63, 3.8) is 0 Å². The van der Waals surface area contributed by atoms with Crippen molar-refractivity contribution in [2.75, 3.05) is 12.4 Å². The highest BCUT2D eigenvalue weighted by molar-refractivity contribution is 6.07. The number of fused-ring (bicyclic) bond motifs is 1. The summed E-state index contributed by atoms with van der Waals surface area (Å²) in [6, 6.07) is 11.4. The van der Waals surface area contributed by atoms with Crippen LogP contribution >= 0.6 is 0 Å². The Hall–Kier alpha value is -3.05. The summed E-state index contributed by atoms with van der Waals surface area (Å²) in [4.78, 5) is 29.5. The van der Waals surface area contributed by atoms with Gasteiger partial charge in [0.1, 0.15) is 12.2 Å². The molecule has 0 saturated carbocycles. The van der Waals surface area contributed by atoms with Crippen LogP contribution in [0.5, 0.6) is 0 Å². The predicted molar refractivity (Wildman–Crippen MR) is 116 cm³/mol. The van der Waals surface area contributed by atoms with Crippen molar-refractivity contribution in [1.82, 2.24) is 4.48 Å². The van der Waals surface area contributed by atoms with Crippen molar-refractivity contribution in [3.05, 3.63) is 59.7 Å². The first kappa shape index (κ1) is 19.7. The summed E-state index contributed by atoms with van der Waals surface area (Å²) in [5.74, 6) is -0.0174. The standard InChI is InChI=1S/C23H25N3O2/c1-5-8-22(27)25-18-10-9-17-15-26(4,23(28)20(17)14-18)19-11-12-21(24-7-3)16(6-2)13-19/h6-7,9-14H,2,5,8,15H2,1,3-4H3/p+1. The third-order valence-electron chi connectivity index (χ3n) is 5.10. The minimum absolute atomic E-state index is 0.0170. The maximum absolute atomic E-state index is 13.3. The molecule has 0 aliphatic carbocycles. The molecule has 144 valence electrons. The highest BCUT2D eigenvalue weighted by Crippen LogP contribution is 2.37. The first-order chi connectivity index (χ1) is 13.4. The lowest BCUT2D eigenvalue weighted by Gasteiger charge is -2.26. The molecule has 0 spiro atoms. The van der Waals surface area contributed by atoms with Gasteiger partial charge in [0.05, 0.1) is 18.3 Å². The van der Waals surface area contributed by atoms with Crippen LogP contribution in [0.3, 0.4) is 0 Å². The zero-order valence-corrected chi connectivity index (χ0v) is 16.7. The second-order valence-corrected chi connectivity index (χ2v) is 7.16. The first-order valence-corrected chi connectivity index (χ1v) is 9.52. The van der Waals surface area contributed by atoms with Crippen molar-refractivity contribution >= 4 is 41.2 Å². The van der Waals surface area contributed by atoms with Gasteiger partial charge in [0.15, 0.2) is 0 Å². The van der Waals surface area contributed by atoms with Crippen molar-refractivity contribution in [1.29, 1.82) is 0 Å². The number of rotatable bonds is 6. The van der Waals surface area contributed by atoms with Gasteiger partial charge in [-0.15, -0.1) is 0 Å². The number of benzene rings is 2. The van der Waals surface area contributed by atoms with Gasteiger partial charge in [-0.25, -0.2) is 9.28 Å². The van der Waals surface area contributed by atoms with Gasteiger partial charge in [-0.3, -0.25) is 9.79 Å². The van der Waals surface area contributed by atoms with E-state index in [1.807, 2.05) is 51.2 Å². The van der Waals surface area contributed by atoms with Gasteiger partial charge in [-0.2, -0.15) is 0 Å². The van der Waals surface area contributed by atoms with Crippen LogP contribution in [0.1, 0.15) is 48.2 Å². The van der Waals surface area contributed by atoms with Crippen LogP contribution in [-0.4, -0.2) is 25.1 Å². The molecule has 1 heterocycles. The van der Waals surface area contributed by atoms with Gasteiger partial charge in [-0.05, 0) is 31.5 Å². The fraction of sp³-hybridized carbons (Fsp3) is 0.261. The lowest BCUT2D eigenvalue weighted by molar-refractivity contribution is -0.116. The molecule has 0 radical (unpaired) electrons. The summed E-state index contributed by atoms with van der Waals surface area (Å²) in [5, 5.41) is 2.87. The number of nitrogens with zero attached hydrogens (tertiary/aromatic N) is 2. The number of nitrogens with one attached hydrogen (secondary N) is 1. The molecule has 1 atom stereocenters. The second kappa shape index (κ2) is 7.90. The summed E-state index contributed by atoms with van der Waals surface area (Å²) in [5.41, 5.74) is 4.93. The van der Waals surface area contributed by atoms with Crippen molar-refractivity contribution in [3.8, 4) is 0 Å². The monoisotopic (exact) mass is 376 g/mol. The average molecular weight is 376 g/mol. The Morgan fingerprint density at radius 2 is 2.07 bits per heavy atom. The molecule has 2 aromatic rings. The number of quaternary nitrogens is 1. The molecule has 2 aromatic carbocycles. The maximum Gasteiger partial charge on any atom is 0.351 e. The van der Waals surface area contributed by atoms with Crippen LogP contribution in [-0.2, 0) is 11.3 Å². The Balaban J connectivity index is 1.94. The highest BCUT2D eigenvalue weighted by Gasteiger charge is 2.44. The topological polar surface area (TPSA) is 58.5 Å². The highest BCUT2D eigenvalue weighted by atomic mass is 16.2. The number of amides is 2. The Bertz CT molecular complexity index is 978. The molecule has 2 amide bonds. The van der Waals surface area contributed by atoms with E-state index in [-0.39, 0.29) is 16.3 Å². The SMILES string of the molecule is C=Cc1cc([N+]2(C)Cc3ccc(NC(=O)CCC)cc3C2=O)ccc1N=CC. The molecular weight excluding hydrogens is 350 g/mol. The van der Waals surface area contributed by atoms with E-state index in [2.05, 4.69) is 16.9 Å². The number of hydrogen-bond donors (Lipinski definition) is 1. The summed E-state index contributed by atoms with van der Waals surface area (Å²) >= 11 is 0. The molecule has 3 rings (SSSR count). The Labute approximate surface area is 166 Å². The van der Waals surface area contributed by atoms with Crippen LogP contribution in [0.2, 0.25) is 0 Å². The molecule has 1 unspecified atom stereocenters. The first-order valence-electron chi connectivity index (χ1n) is 9.52. The van der Waals surface area contributed by atoms with Gasteiger partial charge < -0.3 is 5.32 Å². The van der Waals surface area contributed by atoms with E-state index in [4.69, 9.17) is 0 Å². The van der Waals surface area contributed by atoms with Gasteiger partial charge in [0, 0.05) is 41.6 Å². The van der Waals surface area contributed by atoms with E-state index >= 15 is 0 Å². The van der Waals surface area contributed by atoms with Crippen LogP contribution in [0.25, 0.3) is 6.08 Å².